The maximum Gasteiger partial charge on any atom is 1.00 e. The normalized spacial score (nSPS) is 12.4. The standard InChI is InChI=1S/C2H2F3O2S.Na/c1-8(6,7)2(3,4)5;/h1H2;/q-1;+1. The van der Waals surface area contributed by atoms with Gasteiger partial charge in [0, 0.05) is 0 Å². The van der Waals surface area contributed by atoms with E-state index in [0.717, 1.165) is 0 Å². The van der Waals surface area contributed by atoms with Gasteiger partial charge in [0.25, 0.3) is 0 Å². The Balaban J connectivity index is 0. The van der Waals surface area contributed by atoms with Crippen molar-refractivity contribution in [1.82, 2.24) is 0 Å². The van der Waals surface area contributed by atoms with Gasteiger partial charge in [-0.25, -0.2) is 6.26 Å². The molecule has 0 aromatic rings. The molecule has 0 aliphatic carbocycles. The maximum absolute atomic E-state index is 10.9. The molecule has 0 radical (unpaired) electrons. The first-order chi connectivity index (χ1) is 3.25. The second-order valence-electron chi connectivity index (χ2n) is 1.06. The van der Waals surface area contributed by atoms with Gasteiger partial charge in [0.1, 0.15) is 9.84 Å². The van der Waals surface area contributed by atoms with E-state index < -0.39 is 15.3 Å². The van der Waals surface area contributed by atoms with E-state index in [9.17, 15) is 21.6 Å². The second kappa shape index (κ2) is 3.23. The molecule has 0 amide bonds. The van der Waals surface area contributed by atoms with E-state index in [2.05, 4.69) is 0 Å². The monoisotopic (exact) mass is 170 g/mol. The van der Waals surface area contributed by atoms with Crippen LogP contribution in [0, 0.1) is 6.26 Å². The number of sulfone groups is 1. The van der Waals surface area contributed by atoms with E-state index in [0.29, 0.717) is 0 Å². The fourth-order valence-electron chi connectivity index (χ4n) is 0. The van der Waals surface area contributed by atoms with Crippen LogP contribution >= 0.6 is 0 Å². The van der Waals surface area contributed by atoms with Crippen LogP contribution in [0.3, 0.4) is 0 Å². The molecule has 0 unspecified atom stereocenters. The summed E-state index contributed by atoms with van der Waals surface area (Å²) in [6, 6.07) is 0. The number of alkyl halides is 3. The Bertz CT molecular complexity index is 169. The largest absolute Gasteiger partial charge is 1.00 e. The van der Waals surface area contributed by atoms with Crippen molar-refractivity contribution >= 4 is 9.84 Å². The molecule has 0 bridgehead atoms. The van der Waals surface area contributed by atoms with Crippen LogP contribution in [0.1, 0.15) is 0 Å². The summed E-state index contributed by atoms with van der Waals surface area (Å²) in [5.41, 5.74) is -5.20. The minimum Gasteiger partial charge on any atom is -0.254 e. The molecule has 0 atom stereocenters. The van der Waals surface area contributed by atoms with Crippen LogP contribution in [-0.4, -0.2) is 13.9 Å². The molecule has 9 heavy (non-hydrogen) atoms. The molecule has 50 valence electrons. The minimum atomic E-state index is -5.20. The van der Waals surface area contributed by atoms with E-state index in [1.165, 1.54) is 0 Å². The van der Waals surface area contributed by atoms with Gasteiger partial charge in [0.2, 0.25) is 0 Å². The van der Waals surface area contributed by atoms with Gasteiger partial charge >= 0.3 is 35.1 Å². The van der Waals surface area contributed by atoms with E-state index in [1.54, 1.807) is 0 Å². The summed E-state index contributed by atoms with van der Waals surface area (Å²) in [6.45, 7) is 0. The minimum absolute atomic E-state index is 0. The molecule has 0 aliphatic rings. The van der Waals surface area contributed by atoms with Gasteiger partial charge in [-0.1, -0.05) is 0 Å². The van der Waals surface area contributed by atoms with Crippen LogP contribution in [0.4, 0.5) is 13.2 Å². The molecule has 0 heterocycles. The molecule has 0 aromatic heterocycles. The van der Waals surface area contributed by atoms with Gasteiger partial charge in [-0.15, -0.1) is 0 Å². The molecular formula is C2H2F3NaO2S. The Morgan fingerprint density at radius 3 is 1.33 bits per heavy atom. The summed E-state index contributed by atoms with van der Waals surface area (Å²) in [5, 5.41) is 0. The Labute approximate surface area is 72.6 Å². The molecule has 7 heteroatoms. The summed E-state index contributed by atoms with van der Waals surface area (Å²) in [4.78, 5) is 0. The van der Waals surface area contributed by atoms with Crippen LogP contribution < -0.4 is 29.6 Å². The van der Waals surface area contributed by atoms with Crippen molar-refractivity contribution in [2.45, 2.75) is 5.51 Å². The Morgan fingerprint density at radius 2 is 1.33 bits per heavy atom. The average Bonchev–Trinajstić information content (AvgIpc) is 1.25. The predicted octanol–water partition coefficient (Wildman–Crippen LogP) is -2.28. The van der Waals surface area contributed by atoms with Crippen LogP contribution in [-0.2, 0) is 9.84 Å². The SMILES string of the molecule is [CH2-]S(=O)(=O)C(F)(F)F.[Na+]. The van der Waals surface area contributed by atoms with Crippen LogP contribution in [0.5, 0.6) is 0 Å². The van der Waals surface area contributed by atoms with E-state index >= 15 is 0 Å². The molecule has 0 spiro atoms. The van der Waals surface area contributed by atoms with Gasteiger partial charge in [-0.3, -0.25) is 8.42 Å². The van der Waals surface area contributed by atoms with E-state index in [1.807, 2.05) is 6.26 Å². The van der Waals surface area contributed by atoms with Crippen molar-refractivity contribution in [3.63, 3.8) is 0 Å². The summed E-state index contributed by atoms with van der Waals surface area (Å²) < 4.78 is 51.6. The smallest absolute Gasteiger partial charge is 0.254 e. The zero-order valence-corrected chi connectivity index (χ0v) is 7.38. The summed E-state index contributed by atoms with van der Waals surface area (Å²) in [5.74, 6) is 0. The van der Waals surface area contributed by atoms with Crippen LogP contribution in [0.15, 0.2) is 0 Å². The fraction of sp³-hybridized carbons (Fsp3) is 0.500. The summed E-state index contributed by atoms with van der Waals surface area (Å²) in [7, 11) is -5.09. The molecule has 0 aliphatic heterocycles. The maximum atomic E-state index is 10.9. The first-order valence-corrected chi connectivity index (χ1v) is 3.05. The third-order valence-electron chi connectivity index (χ3n) is 0.353. The van der Waals surface area contributed by atoms with Crippen molar-refractivity contribution in [1.29, 1.82) is 0 Å². The number of hydrogen-bond acceptors (Lipinski definition) is 2. The van der Waals surface area contributed by atoms with Gasteiger partial charge in [0.05, 0.1) is 0 Å². The molecule has 2 nitrogen and oxygen atoms in total. The van der Waals surface area contributed by atoms with Gasteiger partial charge < -0.3 is 0 Å². The first kappa shape index (κ1) is 12.4. The number of rotatable bonds is 0. The van der Waals surface area contributed by atoms with E-state index in [4.69, 9.17) is 0 Å². The van der Waals surface area contributed by atoms with Gasteiger partial charge in [-0.05, 0) is 0 Å². The van der Waals surface area contributed by atoms with Crippen LogP contribution in [0.2, 0.25) is 0 Å². The summed E-state index contributed by atoms with van der Waals surface area (Å²) in [6.07, 6.45) is 1.89. The van der Waals surface area contributed by atoms with Crippen molar-refractivity contribution in [3.05, 3.63) is 6.26 Å². The fourth-order valence-corrected chi connectivity index (χ4v) is 0. The molecular weight excluding hydrogens is 168 g/mol. The Hall–Kier alpha value is 0.740. The van der Waals surface area contributed by atoms with Gasteiger partial charge in [-0.2, -0.15) is 13.2 Å². The van der Waals surface area contributed by atoms with E-state index in [-0.39, 0.29) is 29.6 Å². The van der Waals surface area contributed by atoms with Crippen molar-refractivity contribution in [2.24, 2.45) is 0 Å². The van der Waals surface area contributed by atoms with Crippen molar-refractivity contribution < 1.29 is 51.1 Å². The first-order valence-electron chi connectivity index (χ1n) is 1.39. The zero-order chi connectivity index (χ0) is 7.00. The topological polar surface area (TPSA) is 34.1 Å². The van der Waals surface area contributed by atoms with Crippen molar-refractivity contribution in [2.75, 3.05) is 0 Å². The molecule has 0 fully saturated rings. The Morgan fingerprint density at radius 1 is 1.22 bits per heavy atom. The van der Waals surface area contributed by atoms with Crippen LogP contribution in [0.25, 0.3) is 0 Å². The molecule has 0 N–H and O–H groups in total. The molecule has 0 rings (SSSR count). The third kappa shape index (κ3) is 4.19. The molecule has 0 saturated carbocycles. The molecule has 0 aromatic carbocycles. The second-order valence-corrected chi connectivity index (χ2v) is 2.75. The number of hydrogen-bond donors (Lipinski definition) is 0. The van der Waals surface area contributed by atoms with Gasteiger partial charge in [0.15, 0.2) is 0 Å². The summed E-state index contributed by atoms with van der Waals surface area (Å²) >= 11 is 0. The molecule has 0 saturated heterocycles. The zero-order valence-electron chi connectivity index (χ0n) is 4.57. The predicted molar refractivity (Wildman–Crippen MR) is 20.3 cm³/mol. The average molecular weight is 170 g/mol. The van der Waals surface area contributed by atoms with Crippen molar-refractivity contribution in [3.8, 4) is 0 Å². The number of halogens is 3. The quantitative estimate of drug-likeness (QED) is 0.303. The third-order valence-corrected chi connectivity index (χ3v) is 1.06. The Kier molecular flexibility index (Phi) is 4.45.